The summed E-state index contributed by atoms with van der Waals surface area (Å²) >= 11 is 1.47. The van der Waals surface area contributed by atoms with Gasteiger partial charge in [-0.25, -0.2) is 4.39 Å². The SMILES string of the molecule is O=C(Nc1ccc2sc(C(=O)N3CCCC3)cc2c1)c1ccc(F)cc1. The first-order valence-electron chi connectivity index (χ1n) is 8.50. The fourth-order valence-corrected chi connectivity index (χ4v) is 4.12. The number of nitrogens with one attached hydrogen (secondary N) is 1. The van der Waals surface area contributed by atoms with E-state index in [0.717, 1.165) is 40.9 Å². The highest BCUT2D eigenvalue weighted by Crippen LogP contribution is 2.30. The van der Waals surface area contributed by atoms with E-state index in [1.54, 1.807) is 0 Å². The molecule has 1 aromatic heterocycles. The van der Waals surface area contributed by atoms with Gasteiger partial charge < -0.3 is 10.2 Å². The Bertz CT molecular complexity index is 975. The van der Waals surface area contributed by atoms with Crippen molar-refractivity contribution in [3.05, 3.63) is 64.8 Å². The Morgan fingerprint density at radius 2 is 1.73 bits per heavy atom. The van der Waals surface area contributed by atoms with Gasteiger partial charge in [0.1, 0.15) is 5.82 Å². The second kappa shape index (κ2) is 6.88. The topological polar surface area (TPSA) is 49.4 Å². The van der Waals surface area contributed by atoms with Crippen molar-refractivity contribution in [1.82, 2.24) is 4.90 Å². The lowest BCUT2D eigenvalue weighted by Crippen LogP contribution is -2.26. The molecule has 0 atom stereocenters. The van der Waals surface area contributed by atoms with Crippen LogP contribution in [0.15, 0.2) is 48.5 Å². The molecule has 2 amide bonds. The van der Waals surface area contributed by atoms with Gasteiger partial charge in [-0.1, -0.05) is 0 Å². The van der Waals surface area contributed by atoms with Crippen LogP contribution in [-0.2, 0) is 0 Å². The predicted molar refractivity (Wildman–Crippen MR) is 101 cm³/mol. The summed E-state index contributed by atoms with van der Waals surface area (Å²) in [6, 6.07) is 12.9. The average Bonchev–Trinajstić information content (AvgIpc) is 3.31. The molecular formula is C20H17FN2O2S. The van der Waals surface area contributed by atoms with E-state index in [2.05, 4.69) is 5.32 Å². The summed E-state index contributed by atoms with van der Waals surface area (Å²) in [5, 5.41) is 3.74. The first-order chi connectivity index (χ1) is 12.6. The summed E-state index contributed by atoms with van der Waals surface area (Å²) in [5.74, 6) is -0.593. The van der Waals surface area contributed by atoms with E-state index in [4.69, 9.17) is 0 Å². The maximum absolute atomic E-state index is 13.0. The molecule has 2 aromatic carbocycles. The molecule has 1 saturated heterocycles. The normalized spacial score (nSPS) is 14.0. The Morgan fingerprint density at radius 1 is 1.00 bits per heavy atom. The zero-order valence-electron chi connectivity index (χ0n) is 14.0. The van der Waals surface area contributed by atoms with Crippen LogP contribution in [-0.4, -0.2) is 29.8 Å². The van der Waals surface area contributed by atoms with Gasteiger partial charge in [0.25, 0.3) is 11.8 Å². The van der Waals surface area contributed by atoms with Gasteiger partial charge in [-0.2, -0.15) is 0 Å². The Kier molecular flexibility index (Phi) is 4.42. The highest BCUT2D eigenvalue weighted by molar-refractivity contribution is 7.20. The Hall–Kier alpha value is -2.73. The van der Waals surface area contributed by atoms with Crippen molar-refractivity contribution >= 4 is 38.9 Å². The molecule has 0 radical (unpaired) electrons. The van der Waals surface area contributed by atoms with Crippen LogP contribution in [0, 0.1) is 5.82 Å². The maximum Gasteiger partial charge on any atom is 0.263 e. The number of likely N-dealkylation sites (tertiary alicyclic amines) is 1. The number of benzene rings is 2. The molecule has 1 aliphatic rings. The van der Waals surface area contributed by atoms with Gasteiger partial charge in [0.2, 0.25) is 0 Å². The van der Waals surface area contributed by atoms with Crippen molar-refractivity contribution in [2.75, 3.05) is 18.4 Å². The number of rotatable bonds is 3. The lowest BCUT2D eigenvalue weighted by Gasteiger charge is -2.13. The molecule has 26 heavy (non-hydrogen) atoms. The van der Waals surface area contributed by atoms with Crippen molar-refractivity contribution < 1.29 is 14.0 Å². The third kappa shape index (κ3) is 3.32. The molecule has 1 fully saturated rings. The van der Waals surface area contributed by atoms with Crippen molar-refractivity contribution in [1.29, 1.82) is 0 Å². The van der Waals surface area contributed by atoms with E-state index in [9.17, 15) is 14.0 Å². The molecule has 0 spiro atoms. The van der Waals surface area contributed by atoms with Gasteiger partial charge in [0.05, 0.1) is 4.88 Å². The molecule has 1 aliphatic heterocycles. The summed E-state index contributed by atoms with van der Waals surface area (Å²) in [7, 11) is 0. The lowest BCUT2D eigenvalue weighted by atomic mass is 10.2. The summed E-state index contributed by atoms with van der Waals surface area (Å²) < 4.78 is 14.0. The number of hydrogen-bond donors (Lipinski definition) is 1. The third-order valence-corrected chi connectivity index (χ3v) is 5.59. The molecule has 3 aromatic rings. The molecule has 4 nitrogen and oxygen atoms in total. The average molecular weight is 368 g/mol. The van der Waals surface area contributed by atoms with Gasteiger partial charge in [0, 0.05) is 29.0 Å². The van der Waals surface area contributed by atoms with Gasteiger partial charge in [-0.3, -0.25) is 9.59 Å². The van der Waals surface area contributed by atoms with Crippen LogP contribution in [0.25, 0.3) is 10.1 Å². The van der Waals surface area contributed by atoms with E-state index in [0.29, 0.717) is 11.3 Å². The molecule has 4 rings (SSSR count). The minimum atomic E-state index is -0.378. The minimum absolute atomic E-state index is 0.0839. The van der Waals surface area contributed by atoms with Crippen LogP contribution >= 0.6 is 11.3 Å². The number of anilines is 1. The van der Waals surface area contributed by atoms with Gasteiger partial charge in [-0.15, -0.1) is 11.3 Å². The number of amides is 2. The number of carbonyl (C=O) groups excluding carboxylic acids is 2. The zero-order valence-corrected chi connectivity index (χ0v) is 14.8. The predicted octanol–water partition coefficient (Wildman–Crippen LogP) is 4.53. The van der Waals surface area contributed by atoms with Crippen molar-refractivity contribution in [3.8, 4) is 0 Å². The van der Waals surface area contributed by atoms with Crippen LogP contribution in [0.1, 0.15) is 32.9 Å². The number of hydrogen-bond acceptors (Lipinski definition) is 3. The van der Waals surface area contributed by atoms with Crippen LogP contribution in [0.4, 0.5) is 10.1 Å². The number of thiophene rings is 1. The van der Waals surface area contributed by atoms with Crippen LogP contribution in [0.3, 0.4) is 0 Å². The molecule has 2 heterocycles. The van der Waals surface area contributed by atoms with Crippen molar-refractivity contribution in [3.63, 3.8) is 0 Å². The smallest absolute Gasteiger partial charge is 0.263 e. The van der Waals surface area contributed by atoms with E-state index in [1.807, 2.05) is 29.2 Å². The van der Waals surface area contributed by atoms with Gasteiger partial charge in [0.15, 0.2) is 0 Å². The maximum atomic E-state index is 13.0. The van der Waals surface area contributed by atoms with E-state index in [1.165, 1.54) is 35.6 Å². The van der Waals surface area contributed by atoms with Crippen molar-refractivity contribution in [2.24, 2.45) is 0 Å². The number of carbonyl (C=O) groups is 2. The zero-order chi connectivity index (χ0) is 18.1. The highest BCUT2D eigenvalue weighted by Gasteiger charge is 2.21. The Morgan fingerprint density at radius 3 is 2.46 bits per heavy atom. The highest BCUT2D eigenvalue weighted by atomic mass is 32.1. The summed E-state index contributed by atoms with van der Waals surface area (Å²) in [4.78, 5) is 27.4. The second-order valence-electron chi connectivity index (χ2n) is 6.32. The van der Waals surface area contributed by atoms with E-state index < -0.39 is 0 Å². The number of nitrogens with zero attached hydrogens (tertiary/aromatic N) is 1. The van der Waals surface area contributed by atoms with Crippen molar-refractivity contribution in [2.45, 2.75) is 12.8 Å². The lowest BCUT2D eigenvalue weighted by molar-refractivity contribution is 0.0797. The molecule has 0 saturated carbocycles. The molecule has 0 bridgehead atoms. The summed E-state index contributed by atoms with van der Waals surface area (Å²) in [6.07, 6.45) is 2.13. The fourth-order valence-electron chi connectivity index (χ4n) is 3.11. The molecule has 6 heteroatoms. The van der Waals surface area contributed by atoms with E-state index >= 15 is 0 Å². The molecule has 0 unspecified atom stereocenters. The Balaban J connectivity index is 1.54. The summed E-state index contributed by atoms with van der Waals surface area (Å²) in [6.45, 7) is 1.65. The molecule has 132 valence electrons. The molecule has 0 aliphatic carbocycles. The minimum Gasteiger partial charge on any atom is -0.338 e. The second-order valence-corrected chi connectivity index (χ2v) is 7.41. The van der Waals surface area contributed by atoms with Crippen LogP contribution < -0.4 is 5.32 Å². The quantitative estimate of drug-likeness (QED) is 0.738. The molecule has 1 N–H and O–H groups in total. The van der Waals surface area contributed by atoms with E-state index in [-0.39, 0.29) is 17.6 Å². The standard InChI is InChI=1S/C20H17FN2O2S/c21-15-5-3-13(4-6-15)19(24)22-16-7-8-17-14(11-16)12-18(26-17)20(25)23-9-1-2-10-23/h3-8,11-12H,1-2,9-10H2,(H,22,24). The van der Waals surface area contributed by atoms with Crippen LogP contribution in [0.5, 0.6) is 0 Å². The molecular weight excluding hydrogens is 351 g/mol. The van der Waals surface area contributed by atoms with Gasteiger partial charge in [-0.05, 0) is 66.8 Å². The van der Waals surface area contributed by atoms with Gasteiger partial charge >= 0.3 is 0 Å². The fraction of sp³-hybridized carbons (Fsp3) is 0.200. The van der Waals surface area contributed by atoms with Crippen LogP contribution in [0.2, 0.25) is 0 Å². The largest absolute Gasteiger partial charge is 0.338 e. The monoisotopic (exact) mass is 368 g/mol. The third-order valence-electron chi connectivity index (χ3n) is 4.48. The summed E-state index contributed by atoms with van der Waals surface area (Å²) in [5.41, 5.74) is 1.03. The number of halogens is 1. The number of fused-ring (bicyclic) bond motifs is 1. The Labute approximate surface area is 154 Å². The first-order valence-corrected chi connectivity index (χ1v) is 9.31. The first kappa shape index (κ1) is 16.7.